The smallest absolute Gasteiger partial charge is 0.302 e. The van der Waals surface area contributed by atoms with E-state index < -0.39 is 5.41 Å². The van der Waals surface area contributed by atoms with Crippen LogP contribution in [-0.4, -0.2) is 30.4 Å². The Bertz CT molecular complexity index is 1170. The zero-order valence-electron chi connectivity index (χ0n) is 26.8. The number of fused-ring (bicyclic) bond motifs is 7. The first-order valence-electron chi connectivity index (χ1n) is 15.9. The summed E-state index contributed by atoms with van der Waals surface area (Å²) in [6.45, 7) is 21.6. The number of ether oxygens (including phenoxy) is 1. The number of esters is 1. The van der Waals surface area contributed by atoms with E-state index in [0.29, 0.717) is 5.92 Å². The number of hydroxylamine groups is 1. The van der Waals surface area contributed by atoms with Gasteiger partial charge in [0.05, 0.1) is 6.61 Å². The largest absolute Gasteiger partial charge is 0.462 e. The van der Waals surface area contributed by atoms with Crippen molar-refractivity contribution in [2.24, 2.45) is 50.2 Å². The number of carbonyl (C=O) groups excluding carboxylic acids is 3. The molecule has 0 unspecified atom stereocenters. The molecule has 5 rings (SSSR count). The number of hydrogen-bond donors (Lipinski definition) is 1. The van der Waals surface area contributed by atoms with Crippen LogP contribution in [0.2, 0.25) is 0 Å². The molecule has 0 saturated heterocycles. The van der Waals surface area contributed by atoms with Gasteiger partial charge in [0, 0.05) is 23.7 Å². The fraction of sp³-hybridized carbons (Fsp3) is 0.800. The number of nitrogens with one attached hydrogen (secondary N) is 1. The van der Waals surface area contributed by atoms with Crippen LogP contribution in [0.3, 0.4) is 0 Å². The van der Waals surface area contributed by atoms with Gasteiger partial charge in [-0.3, -0.25) is 19.2 Å². The molecule has 9 atom stereocenters. The topological polar surface area (TPSA) is 81.7 Å². The third kappa shape index (κ3) is 4.32. The molecule has 4 saturated carbocycles. The zero-order chi connectivity index (χ0) is 30.2. The first kappa shape index (κ1) is 30.5. The van der Waals surface area contributed by atoms with E-state index in [1.165, 1.54) is 12.5 Å². The molecule has 0 spiro atoms. The number of carbonyl (C=O) groups is 3. The summed E-state index contributed by atoms with van der Waals surface area (Å²) in [6, 6.07) is 0. The molecule has 4 fully saturated rings. The molecule has 0 aliphatic heterocycles. The Morgan fingerprint density at radius 2 is 1.68 bits per heavy atom. The van der Waals surface area contributed by atoms with Gasteiger partial charge in [0.2, 0.25) is 5.91 Å². The first-order valence-corrected chi connectivity index (χ1v) is 15.9. The standard InChI is InChI=1S/C35H53NO5/c1-10-19-40-36-29(39)32(6)16-15-31(5)17-18-34(8)23(24(31)21-32)20-25(38)28-33(7)13-12-27(41-22(2)37)30(3,4)26(33)11-14-35(28,34)9/h10,20,24,26-28H,1,11-19,21H2,2-9H3,(H,36,39)/t24-,26-,27-,28+,31+,32-,33-,34+,35+/m0/s1. The molecule has 0 radical (unpaired) electrons. The van der Waals surface area contributed by atoms with Crippen LogP contribution in [0.15, 0.2) is 24.3 Å². The average molecular weight is 568 g/mol. The van der Waals surface area contributed by atoms with E-state index in [4.69, 9.17) is 9.57 Å². The molecular weight excluding hydrogens is 514 g/mol. The molecular formula is C35H53NO5. The summed E-state index contributed by atoms with van der Waals surface area (Å²) in [5, 5.41) is 0. The van der Waals surface area contributed by atoms with Crippen molar-refractivity contribution in [1.29, 1.82) is 0 Å². The highest BCUT2D eigenvalue weighted by Gasteiger charge is 2.70. The highest BCUT2D eigenvalue weighted by molar-refractivity contribution is 5.95. The van der Waals surface area contributed by atoms with Crippen molar-refractivity contribution in [2.75, 3.05) is 6.61 Å². The SMILES string of the molecule is C=CCONC(=O)[C@@]1(C)CC[C@]2(C)CC[C@]3(C)C(=CC(=O)[C@@H]4[C@@]5(C)CC[C@H](OC(C)=O)C(C)(C)[C@@H]5CC[C@]43C)[C@@H]2C1. The Labute approximate surface area is 247 Å². The number of rotatable bonds is 5. The first-order chi connectivity index (χ1) is 19.0. The minimum Gasteiger partial charge on any atom is -0.462 e. The summed E-state index contributed by atoms with van der Waals surface area (Å²) >= 11 is 0. The molecule has 0 aromatic rings. The van der Waals surface area contributed by atoms with Gasteiger partial charge in [-0.15, -0.1) is 6.58 Å². The monoisotopic (exact) mass is 567 g/mol. The summed E-state index contributed by atoms with van der Waals surface area (Å²) in [4.78, 5) is 45.2. The van der Waals surface area contributed by atoms with E-state index in [1.54, 1.807) is 6.08 Å². The second kappa shape index (κ2) is 9.79. The molecule has 6 nitrogen and oxygen atoms in total. The quantitative estimate of drug-likeness (QED) is 0.165. The molecule has 0 bridgehead atoms. The van der Waals surface area contributed by atoms with Gasteiger partial charge in [0.15, 0.2) is 5.78 Å². The van der Waals surface area contributed by atoms with Crippen molar-refractivity contribution in [3.63, 3.8) is 0 Å². The van der Waals surface area contributed by atoms with Gasteiger partial charge >= 0.3 is 5.97 Å². The molecule has 5 aliphatic carbocycles. The maximum Gasteiger partial charge on any atom is 0.302 e. The molecule has 6 heteroatoms. The van der Waals surface area contributed by atoms with Crippen molar-refractivity contribution < 1.29 is 24.0 Å². The van der Waals surface area contributed by atoms with Crippen molar-refractivity contribution in [3.05, 3.63) is 24.3 Å². The summed E-state index contributed by atoms with van der Waals surface area (Å²) < 4.78 is 5.85. The molecule has 0 aromatic heterocycles. The lowest BCUT2D eigenvalue weighted by Crippen LogP contribution is -2.66. The maximum atomic E-state index is 14.5. The number of ketones is 1. The molecule has 41 heavy (non-hydrogen) atoms. The highest BCUT2D eigenvalue weighted by atomic mass is 16.6. The van der Waals surface area contributed by atoms with E-state index in [-0.39, 0.29) is 69.3 Å². The molecule has 0 aromatic carbocycles. The van der Waals surface area contributed by atoms with Crippen LogP contribution < -0.4 is 5.48 Å². The third-order valence-electron chi connectivity index (χ3n) is 13.7. The van der Waals surface area contributed by atoms with Crippen molar-refractivity contribution in [2.45, 2.75) is 119 Å². The van der Waals surface area contributed by atoms with Crippen LogP contribution in [0.4, 0.5) is 0 Å². The maximum absolute atomic E-state index is 14.5. The lowest BCUT2D eigenvalue weighted by molar-refractivity contribution is -0.210. The Kier molecular flexibility index (Phi) is 7.28. The van der Waals surface area contributed by atoms with Gasteiger partial charge in [-0.2, -0.15) is 0 Å². The second-order valence-electron chi connectivity index (χ2n) is 16.2. The van der Waals surface area contributed by atoms with Gasteiger partial charge in [0.1, 0.15) is 6.10 Å². The lowest BCUT2D eigenvalue weighted by atomic mass is 9.33. The summed E-state index contributed by atoms with van der Waals surface area (Å²) in [6.07, 6.45) is 12.0. The van der Waals surface area contributed by atoms with Gasteiger partial charge in [0.25, 0.3) is 0 Å². The fourth-order valence-electron chi connectivity index (χ4n) is 11.1. The predicted molar refractivity (Wildman–Crippen MR) is 159 cm³/mol. The van der Waals surface area contributed by atoms with Crippen LogP contribution in [-0.2, 0) is 24.0 Å². The van der Waals surface area contributed by atoms with E-state index in [9.17, 15) is 14.4 Å². The molecule has 0 heterocycles. The normalized spacial score (nSPS) is 46.5. The van der Waals surface area contributed by atoms with Gasteiger partial charge in [-0.25, -0.2) is 5.48 Å². The Balaban J connectivity index is 1.52. The van der Waals surface area contributed by atoms with E-state index >= 15 is 0 Å². The van der Waals surface area contributed by atoms with E-state index in [0.717, 1.165) is 57.8 Å². The summed E-state index contributed by atoms with van der Waals surface area (Å²) in [5.41, 5.74) is 2.91. The Hall–Kier alpha value is -1.95. The van der Waals surface area contributed by atoms with E-state index in [1.807, 2.05) is 0 Å². The predicted octanol–water partition coefficient (Wildman–Crippen LogP) is 7.13. The molecule has 1 N–H and O–H groups in total. The molecule has 228 valence electrons. The minimum absolute atomic E-state index is 0.0602. The van der Waals surface area contributed by atoms with Gasteiger partial charge in [-0.05, 0) is 97.4 Å². The Morgan fingerprint density at radius 3 is 2.34 bits per heavy atom. The second-order valence-corrected chi connectivity index (χ2v) is 16.2. The summed E-state index contributed by atoms with van der Waals surface area (Å²) in [7, 11) is 0. The molecule has 1 amide bonds. The van der Waals surface area contributed by atoms with E-state index in [2.05, 4.69) is 66.6 Å². The fourth-order valence-corrected chi connectivity index (χ4v) is 11.1. The number of amides is 1. The summed E-state index contributed by atoms with van der Waals surface area (Å²) in [5.74, 6) is 0.430. The zero-order valence-corrected chi connectivity index (χ0v) is 26.8. The number of hydrogen-bond acceptors (Lipinski definition) is 5. The van der Waals surface area contributed by atoms with Crippen molar-refractivity contribution in [1.82, 2.24) is 5.48 Å². The Morgan fingerprint density at radius 1 is 1.00 bits per heavy atom. The van der Waals surface area contributed by atoms with Gasteiger partial charge < -0.3 is 4.74 Å². The number of allylic oxidation sites excluding steroid dienone is 2. The van der Waals surface area contributed by atoms with Crippen LogP contribution >= 0.6 is 0 Å². The highest BCUT2D eigenvalue weighted by Crippen LogP contribution is 2.75. The third-order valence-corrected chi connectivity index (χ3v) is 13.7. The van der Waals surface area contributed by atoms with Crippen molar-refractivity contribution in [3.8, 4) is 0 Å². The van der Waals surface area contributed by atoms with Crippen LogP contribution in [0.5, 0.6) is 0 Å². The average Bonchev–Trinajstić information content (AvgIpc) is 2.88. The minimum atomic E-state index is -0.548. The van der Waals surface area contributed by atoms with Crippen LogP contribution in [0.1, 0.15) is 113 Å². The lowest BCUT2D eigenvalue weighted by Gasteiger charge is -2.70. The van der Waals surface area contributed by atoms with Crippen molar-refractivity contribution >= 4 is 17.7 Å². The molecule has 5 aliphatic rings. The van der Waals surface area contributed by atoms with Crippen LogP contribution in [0.25, 0.3) is 0 Å². The van der Waals surface area contributed by atoms with Crippen LogP contribution in [0, 0.1) is 50.2 Å². The van der Waals surface area contributed by atoms with Gasteiger partial charge in [-0.1, -0.05) is 60.1 Å².